The number of benzene rings is 1. The van der Waals surface area contributed by atoms with Gasteiger partial charge >= 0.3 is 5.97 Å². The van der Waals surface area contributed by atoms with Gasteiger partial charge in [0.05, 0.1) is 27.8 Å². The molecule has 2 aromatic rings. The van der Waals surface area contributed by atoms with Crippen LogP contribution in [0.25, 0.3) is 0 Å². The first-order valence-corrected chi connectivity index (χ1v) is 9.99. The lowest BCUT2D eigenvalue weighted by molar-refractivity contribution is -0.141. The van der Waals surface area contributed by atoms with Gasteiger partial charge in [-0.2, -0.15) is 0 Å². The molecule has 31 heavy (non-hydrogen) atoms. The second-order valence-corrected chi connectivity index (χ2v) is 7.08. The molecule has 0 amide bonds. The Morgan fingerprint density at radius 2 is 1.58 bits per heavy atom. The van der Waals surface area contributed by atoms with Crippen molar-refractivity contribution in [2.45, 2.75) is 33.2 Å². The van der Waals surface area contributed by atoms with Crippen LogP contribution in [-0.4, -0.2) is 58.0 Å². The van der Waals surface area contributed by atoms with Gasteiger partial charge in [0.2, 0.25) is 11.5 Å². The van der Waals surface area contributed by atoms with Crippen LogP contribution in [0.4, 0.5) is 0 Å². The molecule has 0 aliphatic carbocycles. The number of rotatable bonds is 12. The molecule has 2 rings (SSSR count). The summed E-state index contributed by atoms with van der Waals surface area (Å²) in [6.45, 7) is 4.95. The number of aromatic nitrogens is 1. The van der Waals surface area contributed by atoms with E-state index in [1.807, 2.05) is 19.9 Å². The first kappa shape index (κ1) is 24.3. The topological polar surface area (TPSA) is 85.2 Å². The first-order valence-electron chi connectivity index (χ1n) is 9.99. The van der Waals surface area contributed by atoms with Gasteiger partial charge < -0.3 is 28.3 Å². The summed E-state index contributed by atoms with van der Waals surface area (Å²) in [5.41, 5.74) is 3.04. The Morgan fingerprint density at radius 3 is 2.13 bits per heavy atom. The summed E-state index contributed by atoms with van der Waals surface area (Å²) in [6, 6.07) is 5.19. The zero-order valence-electron chi connectivity index (χ0n) is 19.1. The van der Waals surface area contributed by atoms with Crippen LogP contribution in [0.3, 0.4) is 0 Å². The monoisotopic (exact) mass is 433 g/mol. The number of esters is 1. The van der Waals surface area contributed by atoms with E-state index < -0.39 is 5.97 Å². The van der Waals surface area contributed by atoms with Crippen LogP contribution in [0.2, 0.25) is 0 Å². The van der Waals surface area contributed by atoms with Gasteiger partial charge in [-0.3, -0.25) is 9.59 Å². The highest BCUT2D eigenvalue weighted by Crippen LogP contribution is 2.38. The Morgan fingerprint density at radius 1 is 0.935 bits per heavy atom. The maximum absolute atomic E-state index is 12.6. The summed E-state index contributed by atoms with van der Waals surface area (Å²) in [4.78, 5) is 25.0. The smallest absolute Gasteiger partial charge is 0.310 e. The van der Waals surface area contributed by atoms with Gasteiger partial charge in [0.15, 0.2) is 18.1 Å². The summed E-state index contributed by atoms with van der Waals surface area (Å²) < 4.78 is 28.3. The lowest BCUT2D eigenvalue weighted by atomic mass is 10.1. The Labute approximate surface area is 183 Å². The molecule has 1 heterocycles. The maximum atomic E-state index is 12.6. The summed E-state index contributed by atoms with van der Waals surface area (Å²) in [6.07, 6.45) is 0.824. The molecule has 8 nitrogen and oxygen atoms in total. The van der Waals surface area contributed by atoms with Crippen LogP contribution >= 0.6 is 0 Å². The molecule has 0 fully saturated rings. The number of methoxy groups -OCH3 is 4. The highest BCUT2D eigenvalue weighted by molar-refractivity contribution is 5.99. The van der Waals surface area contributed by atoms with Gasteiger partial charge in [0, 0.05) is 37.2 Å². The summed E-state index contributed by atoms with van der Waals surface area (Å²) in [5, 5.41) is 0. The zero-order chi connectivity index (χ0) is 23.0. The minimum Gasteiger partial charge on any atom is -0.493 e. The lowest BCUT2D eigenvalue weighted by Gasteiger charge is -2.14. The molecule has 8 heteroatoms. The molecular formula is C23H31NO7. The Bertz CT molecular complexity index is 892. The van der Waals surface area contributed by atoms with Crippen molar-refractivity contribution in [3.05, 3.63) is 40.7 Å². The van der Waals surface area contributed by atoms with Gasteiger partial charge in [-0.25, -0.2) is 0 Å². The van der Waals surface area contributed by atoms with Crippen molar-refractivity contribution in [3.8, 4) is 17.2 Å². The average molecular weight is 434 g/mol. The van der Waals surface area contributed by atoms with E-state index in [4.69, 9.17) is 23.7 Å². The number of aryl methyl sites for hydroxylation is 1. The molecule has 170 valence electrons. The number of hydrogen-bond donors (Lipinski definition) is 0. The molecule has 0 aliphatic rings. The van der Waals surface area contributed by atoms with Crippen molar-refractivity contribution >= 4 is 11.8 Å². The van der Waals surface area contributed by atoms with Gasteiger partial charge in [0.1, 0.15) is 0 Å². The molecule has 0 unspecified atom stereocenters. The third-order valence-corrected chi connectivity index (χ3v) is 5.04. The molecule has 1 aromatic carbocycles. The fourth-order valence-corrected chi connectivity index (χ4v) is 3.47. The van der Waals surface area contributed by atoms with Gasteiger partial charge in [-0.05, 0) is 44.0 Å². The van der Waals surface area contributed by atoms with Crippen LogP contribution < -0.4 is 14.2 Å². The van der Waals surface area contributed by atoms with E-state index >= 15 is 0 Å². The molecule has 0 N–H and O–H groups in total. The molecule has 0 saturated carbocycles. The quantitative estimate of drug-likeness (QED) is 0.289. The van der Waals surface area contributed by atoms with Crippen LogP contribution in [0.15, 0.2) is 18.2 Å². The van der Waals surface area contributed by atoms with Crippen LogP contribution in [0, 0.1) is 13.8 Å². The molecule has 0 spiro atoms. The summed E-state index contributed by atoms with van der Waals surface area (Å²) >= 11 is 0. The minimum atomic E-state index is -0.517. The largest absolute Gasteiger partial charge is 0.493 e. The molecule has 0 aliphatic heterocycles. The predicted octanol–water partition coefficient (Wildman–Crippen LogP) is 3.14. The van der Waals surface area contributed by atoms with Crippen LogP contribution in [0.5, 0.6) is 17.2 Å². The van der Waals surface area contributed by atoms with Gasteiger partial charge in [0.25, 0.3) is 0 Å². The SMILES string of the molecule is COCCCn1c(C)cc(C(=O)COC(=O)Cc2cc(OC)c(OC)c(OC)c2)c1C. The second kappa shape index (κ2) is 11.4. The molecule has 1 aromatic heterocycles. The van der Waals surface area contributed by atoms with Crippen molar-refractivity contribution in [3.63, 3.8) is 0 Å². The Balaban J connectivity index is 2.02. The standard InChI is InChI=1S/C23H31NO7/c1-15-10-18(16(2)24(15)8-7-9-27-3)19(25)14-31-22(26)13-17-11-20(28-4)23(30-6)21(12-17)29-5/h10-12H,7-9,13-14H2,1-6H3. The van der Waals surface area contributed by atoms with E-state index in [0.29, 0.717) is 35.0 Å². The minimum absolute atomic E-state index is 0.0277. The van der Waals surface area contributed by atoms with Crippen molar-refractivity contribution < 1.29 is 33.3 Å². The summed E-state index contributed by atoms with van der Waals surface area (Å²) in [5.74, 6) is 0.585. The zero-order valence-corrected chi connectivity index (χ0v) is 19.1. The molecule has 0 saturated heterocycles. The molecule has 0 bridgehead atoms. The van der Waals surface area contributed by atoms with Crippen molar-refractivity contribution in [1.82, 2.24) is 4.57 Å². The number of hydrogen-bond acceptors (Lipinski definition) is 7. The molecular weight excluding hydrogens is 402 g/mol. The maximum Gasteiger partial charge on any atom is 0.310 e. The predicted molar refractivity (Wildman–Crippen MR) is 115 cm³/mol. The van der Waals surface area contributed by atoms with E-state index in [9.17, 15) is 9.59 Å². The fraction of sp³-hybridized carbons (Fsp3) is 0.478. The lowest BCUT2D eigenvalue weighted by Crippen LogP contribution is -2.16. The third-order valence-electron chi connectivity index (χ3n) is 5.04. The Hall–Kier alpha value is -3.00. The highest BCUT2D eigenvalue weighted by Gasteiger charge is 2.19. The highest BCUT2D eigenvalue weighted by atomic mass is 16.5. The van der Waals surface area contributed by atoms with Crippen molar-refractivity contribution in [1.29, 1.82) is 0 Å². The molecule has 0 radical (unpaired) electrons. The van der Waals surface area contributed by atoms with Gasteiger partial charge in [-0.1, -0.05) is 0 Å². The molecule has 0 atom stereocenters. The number of Topliss-reactive ketones (excluding diaryl/α,β-unsaturated/α-hetero) is 1. The van der Waals surface area contributed by atoms with Crippen molar-refractivity contribution in [2.24, 2.45) is 0 Å². The number of nitrogens with zero attached hydrogens (tertiary/aromatic N) is 1. The van der Waals surface area contributed by atoms with E-state index in [1.54, 1.807) is 19.2 Å². The van der Waals surface area contributed by atoms with Gasteiger partial charge in [-0.15, -0.1) is 0 Å². The number of carbonyl (C=O) groups is 2. The van der Waals surface area contributed by atoms with E-state index in [0.717, 1.165) is 24.4 Å². The second-order valence-electron chi connectivity index (χ2n) is 7.08. The van der Waals surface area contributed by atoms with E-state index in [1.165, 1.54) is 21.3 Å². The van der Waals surface area contributed by atoms with Crippen molar-refractivity contribution in [2.75, 3.05) is 41.7 Å². The fourth-order valence-electron chi connectivity index (χ4n) is 3.47. The number of ketones is 1. The van der Waals surface area contributed by atoms with E-state index in [2.05, 4.69) is 4.57 Å². The number of carbonyl (C=O) groups excluding carboxylic acids is 2. The summed E-state index contributed by atoms with van der Waals surface area (Å²) in [7, 11) is 6.18. The van der Waals surface area contributed by atoms with Crippen LogP contribution in [0.1, 0.15) is 33.7 Å². The Kier molecular flexibility index (Phi) is 8.93. The van der Waals surface area contributed by atoms with Crippen LogP contribution in [-0.2, 0) is 27.2 Å². The number of ether oxygens (including phenoxy) is 5. The average Bonchev–Trinajstić information content (AvgIpc) is 3.05. The van der Waals surface area contributed by atoms with E-state index in [-0.39, 0.29) is 18.8 Å². The normalized spacial score (nSPS) is 10.6. The third kappa shape index (κ3) is 6.01. The first-order chi connectivity index (χ1) is 14.9.